The Morgan fingerprint density at radius 2 is 2.38 bits per heavy atom. The molecular weight excluding hydrogens is 216 g/mol. The van der Waals surface area contributed by atoms with Crippen molar-refractivity contribution >= 4 is 17.7 Å². The van der Waals surface area contributed by atoms with Gasteiger partial charge in [-0.3, -0.25) is 20.2 Å². The molecule has 0 aliphatic rings. The fraction of sp³-hybridized carbons (Fsp3) is 0. The molecular formula is C8H6N4O4. The van der Waals surface area contributed by atoms with Crippen molar-refractivity contribution < 1.29 is 14.1 Å². The molecule has 0 unspecified atom stereocenters. The summed E-state index contributed by atoms with van der Waals surface area (Å²) in [6, 6.07) is 2.33. The minimum atomic E-state index is -0.719. The molecule has 2 aromatic rings. The number of carbonyl (C=O) groups excluding carboxylic acids is 1. The molecule has 82 valence electrons. The Labute approximate surface area is 88.4 Å². The molecule has 0 radical (unpaired) electrons. The largest absolute Gasteiger partial charge is 0.433 e. The highest BCUT2D eigenvalue weighted by atomic mass is 16.6. The maximum atomic E-state index is 11.5. The van der Waals surface area contributed by atoms with E-state index in [4.69, 9.17) is 4.42 Å². The van der Waals surface area contributed by atoms with Gasteiger partial charge in [-0.2, -0.15) is 0 Å². The number of amides is 1. The van der Waals surface area contributed by atoms with E-state index in [1.165, 1.54) is 18.5 Å². The topological polar surface area (TPSA) is 114 Å². The number of imidazole rings is 1. The Morgan fingerprint density at radius 1 is 1.56 bits per heavy atom. The number of furan rings is 1. The first-order valence-corrected chi connectivity index (χ1v) is 4.22. The molecule has 0 aliphatic heterocycles. The number of aromatic nitrogens is 2. The van der Waals surface area contributed by atoms with Crippen LogP contribution in [0.1, 0.15) is 10.6 Å². The molecule has 0 saturated heterocycles. The van der Waals surface area contributed by atoms with Crippen molar-refractivity contribution in [1.82, 2.24) is 9.97 Å². The van der Waals surface area contributed by atoms with Gasteiger partial charge in [-0.25, -0.2) is 4.98 Å². The van der Waals surface area contributed by atoms with Crippen LogP contribution in [0.25, 0.3) is 0 Å². The van der Waals surface area contributed by atoms with E-state index in [0.29, 0.717) is 0 Å². The molecule has 8 nitrogen and oxygen atoms in total. The van der Waals surface area contributed by atoms with Gasteiger partial charge in [0.15, 0.2) is 5.76 Å². The molecule has 0 aromatic carbocycles. The SMILES string of the molecule is O=C(Nc1ncc[nH]1)c1ccc([N+](=O)[O-])o1. The quantitative estimate of drug-likeness (QED) is 0.597. The highest BCUT2D eigenvalue weighted by Gasteiger charge is 2.17. The summed E-state index contributed by atoms with van der Waals surface area (Å²) in [6.07, 6.45) is 2.99. The van der Waals surface area contributed by atoms with E-state index in [2.05, 4.69) is 15.3 Å². The van der Waals surface area contributed by atoms with Crippen molar-refractivity contribution in [3.8, 4) is 0 Å². The Hall–Kier alpha value is -2.64. The average Bonchev–Trinajstić information content (AvgIpc) is 2.86. The summed E-state index contributed by atoms with van der Waals surface area (Å²) in [5.74, 6) is -1.00. The highest BCUT2D eigenvalue weighted by molar-refractivity contribution is 6.01. The van der Waals surface area contributed by atoms with Gasteiger partial charge in [0, 0.05) is 12.4 Å². The molecule has 0 atom stereocenters. The van der Waals surface area contributed by atoms with Crippen LogP contribution in [-0.4, -0.2) is 20.8 Å². The van der Waals surface area contributed by atoms with Crippen LogP contribution in [-0.2, 0) is 0 Å². The van der Waals surface area contributed by atoms with Crippen LogP contribution in [0, 0.1) is 10.1 Å². The van der Waals surface area contributed by atoms with Crippen LogP contribution in [0.5, 0.6) is 0 Å². The Morgan fingerprint density at radius 3 is 2.94 bits per heavy atom. The van der Waals surface area contributed by atoms with Crippen LogP contribution >= 0.6 is 0 Å². The van der Waals surface area contributed by atoms with Crippen LogP contribution in [0.2, 0.25) is 0 Å². The van der Waals surface area contributed by atoms with Gasteiger partial charge < -0.3 is 9.40 Å². The maximum absolute atomic E-state index is 11.5. The third-order valence-corrected chi connectivity index (χ3v) is 1.73. The highest BCUT2D eigenvalue weighted by Crippen LogP contribution is 2.16. The number of H-pyrrole nitrogens is 1. The molecule has 2 aromatic heterocycles. The zero-order valence-electron chi connectivity index (χ0n) is 7.84. The normalized spacial score (nSPS) is 10.0. The van der Waals surface area contributed by atoms with E-state index in [0.717, 1.165) is 6.07 Å². The summed E-state index contributed by atoms with van der Waals surface area (Å²) in [7, 11) is 0. The zero-order valence-corrected chi connectivity index (χ0v) is 7.84. The summed E-state index contributed by atoms with van der Waals surface area (Å²) in [5, 5.41) is 12.7. The number of nitrogens with zero attached hydrogens (tertiary/aromatic N) is 2. The zero-order chi connectivity index (χ0) is 11.5. The van der Waals surface area contributed by atoms with Crippen LogP contribution < -0.4 is 5.32 Å². The van der Waals surface area contributed by atoms with Crippen molar-refractivity contribution in [2.24, 2.45) is 0 Å². The number of hydrogen-bond acceptors (Lipinski definition) is 5. The molecule has 2 heterocycles. The minimum Gasteiger partial charge on any atom is -0.395 e. The summed E-state index contributed by atoms with van der Waals surface area (Å²) in [6.45, 7) is 0. The van der Waals surface area contributed by atoms with Gasteiger partial charge in [0.2, 0.25) is 5.95 Å². The number of nitro groups is 1. The fourth-order valence-corrected chi connectivity index (χ4v) is 1.05. The van der Waals surface area contributed by atoms with E-state index in [9.17, 15) is 14.9 Å². The van der Waals surface area contributed by atoms with Gasteiger partial charge in [-0.1, -0.05) is 0 Å². The van der Waals surface area contributed by atoms with Crippen LogP contribution in [0.3, 0.4) is 0 Å². The summed E-state index contributed by atoms with van der Waals surface area (Å²) in [5.41, 5.74) is 0. The predicted octanol–water partition coefficient (Wildman–Crippen LogP) is 1.16. The maximum Gasteiger partial charge on any atom is 0.433 e. The first-order valence-electron chi connectivity index (χ1n) is 4.22. The van der Waals surface area contributed by atoms with Gasteiger partial charge in [0.25, 0.3) is 5.91 Å². The second-order valence-electron chi connectivity index (χ2n) is 2.79. The van der Waals surface area contributed by atoms with Crippen LogP contribution in [0.15, 0.2) is 28.9 Å². The molecule has 2 N–H and O–H groups in total. The lowest BCUT2D eigenvalue weighted by Crippen LogP contribution is -2.11. The van der Waals surface area contributed by atoms with Crippen molar-refractivity contribution in [3.05, 3.63) is 40.4 Å². The van der Waals surface area contributed by atoms with E-state index in [1.807, 2.05) is 0 Å². The van der Waals surface area contributed by atoms with Crippen molar-refractivity contribution in [3.63, 3.8) is 0 Å². The standard InChI is InChI=1S/C8H6N4O4/c13-7(11-8-9-3-4-10-8)5-1-2-6(16-5)12(14)15/h1-4H,(H2,9,10,11,13). The molecule has 2 rings (SSSR count). The van der Waals surface area contributed by atoms with Gasteiger partial charge in [-0.15, -0.1) is 0 Å². The first kappa shape index (κ1) is 9.90. The number of aromatic amines is 1. The Balaban J connectivity index is 2.12. The lowest BCUT2D eigenvalue weighted by atomic mass is 10.4. The van der Waals surface area contributed by atoms with Crippen molar-refractivity contribution in [1.29, 1.82) is 0 Å². The molecule has 0 bridgehead atoms. The number of anilines is 1. The third kappa shape index (κ3) is 1.90. The molecule has 1 amide bonds. The first-order chi connectivity index (χ1) is 7.66. The van der Waals surface area contributed by atoms with Gasteiger partial charge >= 0.3 is 5.88 Å². The second-order valence-corrected chi connectivity index (χ2v) is 2.79. The van der Waals surface area contributed by atoms with E-state index in [1.54, 1.807) is 0 Å². The van der Waals surface area contributed by atoms with E-state index < -0.39 is 16.7 Å². The molecule has 16 heavy (non-hydrogen) atoms. The molecule has 0 aliphatic carbocycles. The molecule has 8 heteroatoms. The van der Waals surface area contributed by atoms with Crippen LogP contribution in [0.4, 0.5) is 11.8 Å². The van der Waals surface area contributed by atoms with Gasteiger partial charge in [0.1, 0.15) is 4.92 Å². The second kappa shape index (κ2) is 3.85. The molecule has 0 spiro atoms. The van der Waals surface area contributed by atoms with Crippen molar-refractivity contribution in [2.45, 2.75) is 0 Å². The minimum absolute atomic E-state index is 0.150. The number of rotatable bonds is 3. The lowest BCUT2D eigenvalue weighted by molar-refractivity contribution is -0.402. The Bertz CT molecular complexity index is 516. The lowest BCUT2D eigenvalue weighted by Gasteiger charge is -1.96. The smallest absolute Gasteiger partial charge is 0.395 e. The van der Waals surface area contributed by atoms with Gasteiger partial charge in [-0.05, 0) is 6.07 Å². The van der Waals surface area contributed by atoms with E-state index >= 15 is 0 Å². The fourth-order valence-electron chi connectivity index (χ4n) is 1.05. The monoisotopic (exact) mass is 222 g/mol. The molecule has 0 saturated carbocycles. The number of carbonyl (C=O) groups is 1. The van der Waals surface area contributed by atoms with Gasteiger partial charge in [0.05, 0.1) is 6.07 Å². The Kier molecular flexibility index (Phi) is 2.38. The summed E-state index contributed by atoms with van der Waals surface area (Å²) < 4.78 is 4.70. The molecule has 0 fully saturated rings. The third-order valence-electron chi connectivity index (χ3n) is 1.73. The van der Waals surface area contributed by atoms with Crippen molar-refractivity contribution in [2.75, 3.05) is 5.32 Å². The summed E-state index contributed by atoms with van der Waals surface area (Å²) in [4.78, 5) is 27.5. The number of nitrogens with one attached hydrogen (secondary N) is 2. The average molecular weight is 222 g/mol. The van der Waals surface area contributed by atoms with E-state index in [-0.39, 0.29) is 11.7 Å². The predicted molar refractivity (Wildman–Crippen MR) is 51.9 cm³/mol. The number of hydrogen-bond donors (Lipinski definition) is 2. The summed E-state index contributed by atoms with van der Waals surface area (Å²) >= 11 is 0.